The quantitative estimate of drug-likeness (QED) is 0.345. The summed E-state index contributed by atoms with van der Waals surface area (Å²) in [6.07, 6.45) is 13.6. The Kier molecular flexibility index (Phi) is 6.89. The van der Waals surface area contributed by atoms with Crippen LogP contribution >= 0.6 is 0 Å². The topological polar surface area (TPSA) is 127 Å². The summed E-state index contributed by atoms with van der Waals surface area (Å²) in [5, 5.41) is 9.58. The first kappa shape index (κ1) is 26.6. The van der Waals surface area contributed by atoms with Gasteiger partial charge in [0.05, 0.1) is 30.2 Å². The molecule has 3 N–H and O–H groups in total. The summed E-state index contributed by atoms with van der Waals surface area (Å²) in [4.78, 5) is 39.4. The number of hydrogen-bond acceptors (Lipinski definition) is 8. The van der Waals surface area contributed by atoms with Crippen LogP contribution in [0.15, 0.2) is 53.8 Å². The largest absolute Gasteiger partial charge is 0.364 e. The van der Waals surface area contributed by atoms with E-state index in [9.17, 15) is 9.59 Å². The maximum atomic E-state index is 13.5. The van der Waals surface area contributed by atoms with Crippen LogP contribution in [-0.2, 0) is 0 Å². The molecule has 4 aromatic rings. The van der Waals surface area contributed by atoms with Gasteiger partial charge in [0.25, 0.3) is 11.5 Å². The molecule has 1 atom stereocenters. The molecule has 1 aliphatic carbocycles. The summed E-state index contributed by atoms with van der Waals surface area (Å²) in [7, 11) is 2.14. The van der Waals surface area contributed by atoms with Gasteiger partial charge in [-0.25, -0.2) is 9.97 Å². The number of amides is 1. The van der Waals surface area contributed by atoms with Crippen LogP contribution in [-0.4, -0.2) is 68.3 Å². The third kappa shape index (κ3) is 5.24. The van der Waals surface area contributed by atoms with E-state index in [1.807, 2.05) is 27.7 Å². The first-order valence-electron chi connectivity index (χ1n) is 15.0. The Balaban J connectivity index is 1.11. The number of likely N-dealkylation sites (tertiary alicyclic amines) is 1. The minimum absolute atomic E-state index is 0.000514. The molecule has 7 rings (SSSR count). The number of pyridine rings is 1. The number of carbonyl (C=O) groups is 1. The van der Waals surface area contributed by atoms with Crippen molar-refractivity contribution in [3.63, 3.8) is 0 Å². The number of aromatic nitrogens is 5. The first-order valence-corrected chi connectivity index (χ1v) is 15.0. The lowest BCUT2D eigenvalue weighted by Gasteiger charge is -2.34. The second-order valence-corrected chi connectivity index (χ2v) is 12.0. The molecule has 1 saturated carbocycles. The highest BCUT2D eigenvalue weighted by atomic mass is 16.1. The highest BCUT2D eigenvalue weighted by Crippen LogP contribution is 2.40. The van der Waals surface area contributed by atoms with Gasteiger partial charge in [-0.1, -0.05) is 12.1 Å². The minimum atomic E-state index is -0.650. The molecule has 42 heavy (non-hydrogen) atoms. The predicted octanol–water partition coefficient (Wildman–Crippen LogP) is 3.82. The lowest BCUT2D eigenvalue weighted by atomic mass is 10.0. The molecule has 0 bridgehead atoms. The van der Waals surface area contributed by atoms with Crippen molar-refractivity contribution in [1.29, 1.82) is 0 Å². The van der Waals surface area contributed by atoms with Crippen LogP contribution in [0.2, 0.25) is 0 Å². The van der Waals surface area contributed by atoms with Gasteiger partial charge in [-0.3, -0.25) is 14.3 Å². The van der Waals surface area contributed by atoms with Gasteiger partial charge < -0.3 is 25.4 Å². The smallest absolute Gasteiger partial charge is 0.271 e. The van der Waals surface area contributed by atoms with Crippen LogP contribution in [0.1, 0.15) is 72.6 Å². The van der Waals surface area contributed by atoms with E-state index in [1.165, 1.54) is 18.4 Å². The van der Waals surface area contributed by atoms with Crippen molar-refractivity contribution in [1.82, 2.24) is 29.2 Å². The van der Waals surface area contributed by atoms with Crippen LogP contribution in [0.5, 0.6) is 0 Å². The molecule has 5 heterocycles. The van der Waals surface area contributed by atoms with E-state index in [2.05, 4.69) is 50.4 Å². The summed E-state index contributed by atoms with van der Waals surface area (Å²) in [5.41, 5.74) is 7.85. The van der Waals surface area contributed by atoms with Crippen LogP contribution in [0.25, 0.3) is 10.8 Å². The van der Waals surface area contributed by atoms with Gasteiger partial charge in [0.15, 0.2) is 11.5 Å². The SMILES string of the molecule is CN1CCC(n2cc(Nc3nc(N4CCCC(n5ccc6cc(C7CC7)ccc6c5=O)C4)cnc3C(N)=O)cn2)CC1. The second kappa shape index (κ2) is 10.9. The zero-order chi connectivity index (χ0) is 28.8. The zero-order valence-corrected chi connectivity index (χ0v) is 23.9. The molecule has 1 amide bonds. The van der Waals surface area contributed by atoms with E-state index < -0.39 is 5.91 Å². The number of benzene rings is 1. The Bertz CT molecular complexity index is 1680. The second-order valence-electron chi connectivity index (χ2n) is 12.0. The number of rotatable bonds is 7. The lowest BCUT2D eigenvalue weighted by Crippen LogP contribution is -2.40. The van der Waals surface area contributed by atoms with Crippen molar-refractivity contribution >= 4 is 34.0 Å². The number of nitrogens with one attached hydrogen (secondary N) is 1. The fourth-order valence-corrected chi connectivity index (χ4v) is 6.43. The molecule has 11 nitrogen and oxygen atoms in total. The maximum absolute atomic E-state index is 13.5. The molecule has 2 aliphatic heterocycles. The number of fused-ring (bicyclic) bond motifs is 1. The average molecular weight is 568 g/mol. The zero-order valence-electron chi connectivity index (χ0n) is 23.9. The summed E-state index contributed by atoms with van der Waals surface area (Å²) in [6, 6.07) is 8.68. The Morgan fingerprint density at radius 2 is 1.86 bits per heavy atom. The Morgan fingerprint density at radius 3 is 2.64 bits per heavy atom. The van der Waals surface area contributed by atoms with E-state index in [0.717, 1.165) is 61.8 Å². The van der Waals surface area contributed by atoms with Crippen molar-refractivity contribution in [2.24, 2.45) is 5.73 Å². The average Bonchev–Trinajstić information content (AvgIpc) is 3.76. The Labute approximate surface area is 244 Å². The fraction of sp³-hybridized carbons (Fsp3) is 0.452. The van der Waals surface area contributed by atoms with Crippen molar-refractivity contribution < 1.29 is 4.79 Å². The highest BCUT2D eigenvalue weighted by molar-refractivity contribution is 5.96. The summed E-state index contributed by atoms with van der Waals surface area (Å²) < 4.78 is 3.85. The predicted molar refractivity (Wildman–Crippen MR) is 162 cm³/mol. The van der Waals surface area contributed by atoms with E-state index in [4.69, 9.17) is 10.7 Å². The lowest BCUT2D eigenvalue weighted by molar-refractivity contribution is 0.0996. The van der Waals surface area contributed by atoms with E-state index >= 15 is 0 Å². The molecule has 11 heteroatoms. The van der Waals surface area contributed by atoms with Gasteiger partial charge in [-0.15, -0.1) is 0 Å². The molecule has 3 aromatic heterocycles. The number of nitrogens with two attached hydrogens (primary N) is 1. The molecule has 3 fully saturated rings. The summed E-state index contributed by atoms with van der Waals surface area (Å²) >= 11 is 0. The number of primary amides is 1. The van der Waals surface area contributed by atoms with Gasteiger partial charge in [0, 0.05) is 30.9 Å². The molecule has 0 spiro atoms. The van der Waals surface area contributed by atoms with Crippen molar-refractivity contribution in [3.05, 3.63) is 70.7 Å². The van der Waals surface area contributed by atoms with Gasteiger partial charge >= 0.3 is 0 Å². The standard InChI is InChI=1S/C31H37N9O2/c1-37-12-9-24(10-13-37)40-18-23(16-34-40)35-30-28(29(32)41)33-17-27(36-30)38-11-2-3-25(19-38)39-14-8-22-15-21(20-4-5-20)6-7-26(22)31(39)42/h6-8,14-18,20,24-25H,2-5,9-13,19H2,1H3,(H2,32,41)(H,35,36). The number of hydrogen-bond donors (Lipinski definition) is 2. The number of nitrogens with zero attached hydrogens (tertiary/aromatic N) is 7. The third-order valence-corrected chi connectivity index (χ3v) is 9.04. The van der Waals surface area contributed by atoms with Crippen LogP contribution < -0.4 is 21.5 Å². The van der Waals surface area contributed by atoms with Crippen molar-refractivity contribution in [3.8, 4) is 0 Å². The molecular formula is C31H37N9O2. The maximum Gasteiger partial charge on any atom is 0.271 e. The number of carbonyl (C=O) groups excluding carboxylic acids is 1. The fourth-order valence-electron chi connectivity index (χ4n) is 6.43. The Morgan fingerprint density at radius 1 is 1.02 bits per heavy atom. The highest BCUT2D eigenvalue weighted by Gasteiger charge is 2.27. The van der Waals surface area contributed by atoms with E-state index in [1.54, 1.807) is 12.4 Å². The van der Waals surface area contributed by atoms with E-state index in [-0.39, 0.29) is 17.3 Å². The summed E-state index contributed by atoms with van der Waals surface area (Å²) in [5.74, 6) is 0.945. The third-order valence-electron chi connectivity index (χ3n) is 9.04. The monoisotopic (exact) mass is 567 g/mol. The van der Waals surface area contributed by atoms with Crippen LogP contribution in [0.3, 0.4) is 0 Å². The number of piperidine rings is 2. The van der Waals surface area contributed by atoms with Crippen LogP contribution in [0.4, 0.5) is 17.3 Å². The normalized spacial score (nSPS) is 20.2. The van der Waals surface area contributed by atoms with Crippen molar-refractivity contribution in [2.45, 2.75) is 56.5 Å². The molecule has 2 saturated heterocycles. The molecule has 218 valence electrons. The molecule has 3 aliphatic rings. The molecular weight excluding hydrogens is 530 g/mol. The minimum Gasteiger partial charge on any atom is -0.364 e. The van der Waals surface area contributed by atoms with Gasteiger partial charge in [-0.05, 0) is 87.7 Å². The van der Waals surface area contributed by atoms with Gasteiger partial charge in [0.1, 0.15) is 5.82 Å². The molecule has 1 aromatic carbocycles. The number of anilines is 3. The van der Waals surface area contributed by atoms with E-state index in [0.29, 0.717) is 30.1 Å². The molecule has 1 unspecified atom stereocenters. The van der Waals surface area contributed by atoms with Gasteiger partial charge in [-0.2, -0.15) is 5.10 Å². The molecule has 0 radical (unpaired) electrons. The van der Waals surface area contributed by atoms with Crippen LogP contribution in [0, 0.1) is 0 Å². The Hall–Kier alpha value is -4.25. The van der Waals surface area contributed by atoms with Gasteiger partial charge in [0.2, 0.25) is 0 Å². The summed E-state index contributed by atoms with van der Waals surface area (Å²) in [6.45, 7) is 3.47. The van der Waals surface area contributed by atoms with Crippen molar-refractivity contribution in [2.75, 3.05) is 43.4 Å². The first-order chi connectivity index (χ1) is 20.4.